The number of carbonyl (C=O) groups excluding carboxylic acids is 2. The van der Waals surface area contributed by atoms with Crippen LogP contribution in [0.15, 0.2) is 24.3 Å². The maximum Gasteiger partial charge on any atom is 0.276 e. The molecule has 0 saturated carbocycles. The van der Waals surface area contributed by atoms with Crippen LogP contribution >= 0.6 is 0 Å². The van der Waals surface area contributed by atoms with Gasteiger partial charge in [0.25, 0.3) is 5.91 Å². The lowest BCUT2D eigenvalue weighted by molar-refractivity contribution is -0.130. The molecule has 1 fully saturated rings. The van der Waals surface area contributed by atoms with Gasteiger partial charge in [-0.1, -0.05) is 17.3 Å². The summed E-state index contributed by atoms with van der Waals surface area (Å²) in [6, 6.07) is 7.55. The first-order chi connectivity index (χ1) is 13.9. The maximum absolute atomic E-state index is 13.0. The van der Waals surface area contributed by atoms with E-state index in [1.54, 1.807) is 28.6 Å². The van der Waals surface area contributed by atoms with Gasteiger partial charge >= 0.3 is 0 Å². The highest BCUT2D eigenvalue weighted by Gasteiger charge is 2.27. The van der Waals surface area contributed by atoms with Crippen molar-refractivity contribution in [3.63, 3.8) is 0 Å². The van der Waals surface area contributed by atoms with Gasteiger partial charge in [-0.2, -0.15) is 0 Å². The fraction of sp³-hybridized carbons (Fsp3) is 0.500. The smallest absolute Gasteiger partial charge is 0.276 e. The minimum absolute atomic E-state index is 0.0662. The topological polar surface area (TPSA) is 83.8 Å². The molecule has 0 spiro atoms. The number of rotatable bonds is 6. The second kappa shape index (κ2) is 9.04. The van der Waals surface area contributed by atoms with E-state index in [1.165, 1.54) is 0 Å². The third-order valence-corrected chi connectivity index (χ3v) is 5.01. The monoisotopic (exact) mass is 400 g/mol. The molecule has 156 valence electrons. The lowest BCUT2D eigenvalue weighted by atomic mass is 10.2. The molecule has 0 atom stereocenters. The zero-order valence-corrected chi connectivity index (χ0v) is 17.5. The zero-order chi connectivity index (χ0) is 21.0. The number of likely N-dealkylation sites (N-methyl/N-ethyl adjacent to an activating group) is 1. The van der Waals surface area contributed by atoms with Crippen LogP contribution in [0.1, 0.15) is 23.1 Å². The van der Waals surface area contributed by atoms with E-state index in [0.29, 0.717) is 56.5 Å². The molecule has 0 aliphatic carbocycles. The van der Waals surface area contributed by atoms with Gasteiger partial charge < -0.3 is 14.5 Å². The van der Waals surface area contributed by atoms with Crippen molar-refractivity contribution in [2.45, 2.75) is 13.8 Å². The van der Waals surface area contributed by atoms with E-state index in [9.17, 15) is 9.59 Å². The Kier molecular flexibility index (Phi) is 6.48. The summed E-state index contributed by atoms with van der Waals surface area (Å²) >= 11 is 0. The van der Waals surface area contributed by atoms with Gasteiger partial charge in [0.15, 0.2) is 5.69 Å². The Balaban J connectivity index is 1.70. The molecule has 2 heterocycles. The van der Waals surface area contributed by atoms with Crippen molar-refractivity contribution < 1.29 is 14.3 Å². The van der Waals surface area contributed by atoms with Gasteiger partial charge in [-0.05, 0) is 26.0 Å². The van der Waals surface area contributed by atoms with E-state index >= 15 is 0 Å². The summed E-state index contributed by atoms with van der Waals surface area (Å²) in [5.41, 5.74) is 1.77. The summed E-state index contributed by atoms with van der Waals surface area (Å²) in [6.07, 6.45) is 0. The highest BCUT2D eigenvalue weighted by molar-refractivity contribution is 5.93. The average molecular weight is 400 g/mol. The van der Waals surface area contributed by atoms with Crippen LogP contribution in [-0.2, 0) is 4.79 Å². The average Bonchev–Trinajstić information content (AvgIpc) is 3.10. The summed E-state index contributed by atoms with van der Waals surface area (Å²) in [5.74, 6) is 0.624. The van der Waals surface area contributed by atoms with Gasteiger partial charge in [0, 0.05) is 40.3 Å². The van der Waals surface area contributed by atoms with Crippen molar-refractivity contribution in [1.29, 1.82) is 0 Å². The van der Waals surface area contributed by atoms with Crippen molar-refractivity contribution in [2.24, 2.45) is 0 Å². The molecule has 1 saturated heterocycles. The lowest BCUT2D eigenvalue weighted by Crippen LogP contribution is -2.51. The van der Waals surface area contributed by atoms with Crippen molar-refractivity contribution in [3.8, 4) is 11.4 Å². The van der Waals surface area contributed by atoms with E-state index in [1.807, 2.05) is 38.1 Å². The largest absolute Gasteiger partial charge is 0.492 e. The number of carbonyl (C=O) groups is 2. The first-order valence-electron chi connectivity index (χ1n) is 9.78. The third kappa shape index (κ3) is 4.56. The highest BCUT2D eigenvalue weighted by atomic mass is 16.5. The van der Waals surface area contributed by atoms with E-state index in [-0.39, 0.29) is 11.8 Å². The van der Waals surface area contributed by atoms with Crippen LogP contribution in [0.5, 0.6) is 5.75 Å². The van der Waals surface area contributed by atoms with E-state index < -0.39 is 0 Å². The second-order valence-corrected chi connectivity index (χ2v) is 7.19. The maximum atomic E-state index is 13.0. The predicted molar refractivity (Wildman–Crippen MR) is 108 cm³/mol. The molecular formula is C20H28N6O3. The highest BCUT2D eigenvalue weighted by Crippen LogP contribution is 2.24. The minimum Gasteiger partial charge on any atom is -0.492 e. The third-order valence-electron chi connectivity index (χ3n) is 5.01. The van der Waals surface area contributed by atoms with Crippen LogP contribution in [0, 0.1) is 6.92 Å². The summed E-state index contributed by atoms with van der Waals surface area (Å²) in [5, 5.41) is 8.35. The van der Waals surface area contributed by atoms with E-state index in [0.717, 1.165) is 5.69 Å². The van der Waals surface area contributed by atoms with E-state index in [2.05, 4.69) is 15.2 Å². The van der Waals surface area contributed by atoms with Gasteiger partial charge in [0.1, 0.15) is 11.4 Å². The summed E-state index contributed by atoms with van der Waals surface area (Å²) in [6.45, 7) is 7.10. The fourth-order valence-corrected chi connectivity index (χ4v) is 3.26. The number of nitrogens with zero attached hydrogens (tertiary/aromatic N) is 6. The molecule has 1 aliphatic rings. The molecule has 1 aliphatic heterocycles. The van der Waals surface area contributed by atoms with Gasteiger partial charge in [0.2, 0.25) is 5.91 Å². The Morgan fingerprint density at radius 2 is 1.83 bits per heavy atom. The summed E-state index contributed by atoms with van der Waals surface area (Å²) in [4.78, 5) is 30.3. The van der Waals surface area contributed by atoms with Crippen LogP contribution in [-0.4, -0.2) is 94.9 Å². The molecule has 1 aromatic carbocycles. The quantitative estimate of drug-likeness (QED) is 0.714. The van der Waals surface area contributed by atoms with Crippen molar-refractivity contribution >= 4 is 11.8 Å². The molecule has 2 aromatic rings. The number of para-hydroxylation sites is 2. The molecule has 29 heavy (non-hydrogen) atoms. The number of amides is 2. The first kappa shape index (κ1) is 20.8. The number of benzene rings is 1. The number of hydrogen-bond donors (Lipinski definition) is 0. The Morgan fingerprint density at radius 1 is 1.14 bits per heavy atom. The molecule has 1 aromatic heterocycles. The lowest BCUT2D eigenvalue weighted by Gasteiger charge is -2.34. The molecule has 9 heteroatoms. The Morgan fingerprint density at radius 3 is 2.48 bits per heavy atom. The van der Waals surface area contributed by atoms with Crippen LogP contribution in [0.3, 0.4) is 0 Å². The Hall–Kier alpha value is -2.94. The van der Waals surface area contributed by atoms with Gasteiger partial charge in [-0.25, -0.2) is 4.68 Å². The van der Waals surface area contributed by atoms with Gasteiger partial charge in [-0.15, -0.1) is 5.10 Å². The van der Waals surface area contributed by atoms with Crippen molar-refractivity contribution in [1.82, 2.24) is 29.7 Å². The van der Waals surface area contributed by atoms with Crippen molar-refractivity contribution in [2.75, 3.05) is 53.4 Å². The molecule has 0 radical (unpaired) electrons. The Bertz CT molecular complexity index is 871. The van der Waals surface area contributed by atoms with Gasteiger partial charge in [0.05, 0.1) is 18.8 Å². The number of ether oxygens (including phenoxy) is 1. The standard InChI is InChI=1S/C20H28N6O3/c1-5-29-17-9-7-6-8-16(17)26-15(2)19(21-22-26)20(28)25-12-10-24(11-13-25)14-18(27)23(3)4/h6-9H,5,10-14H2,1-4H3. The zero-order valence-electron chi connectivity index (χ0n) is 17.5. The van der Waals surface area contributed by atoms with Gasteiger partial charge in [-0.3, -0.25) is 14.5 Å². The van der Waals surface area contributed by atoms with Crippen molar-refractivity contribution in [3.05, 3.63) is 35.7 Å². The molecule has 0 N–H and O–H groups in total. The van der Waals surface area contributed by atoms with Crippen LogP contribution in [0.2, 0.25) is 0 Å². The molecule has 9 nitrogen and oxygen atoms in total. The minimum atomic E-state index is -0.138. The summed E-state index contributed by atoms with van der Waals surface area (Å²) < 4.78 is 7.32. The normalized spacial score (nSPS) is 14.7. The number of aromatic nitrogens is 3. The molecule has 0 unspecified atom stereocenters. The first-order valence-corrected chi connectivity index (χ1v) is 9.78. The SMILES string of the molecule is CCOc1ccccc1-n1nnc(C(=O)N2CCN(CC(=O)N(C)C)CC2)c1C. The number of piperazine rings is 1. The fourth-order valence-electron chi connectivity index (χ4n) is 3.26. The number of hydrogen-bond acceptors (Lipinski definition) is 6. The molecular weight excluding hydrogens is 372 g/mol. The van der Waals surface area contributed by atoms with E-state index in [4.69, 9.17) is 4.74 Å². The molecule has 2 amide bonds. The summed E-state index contributed by atoms with van der Waals surface area (Å²) in [7, 11) is 3.50. The molecule has 0 bridgehead atoms. The van der Waals surface area contributed by atoms with Crippen LogP contribution < -0.4 is 4.74 Å². The van der Waals surface area contributed by atoms with Crippen LogP contribution in [0.4, 0.5) is 0 Å². The van der Waals surface area contributed by atoms with Crippen LogP contribution in [0.25, 0.3) is 5.69 Å². The predicted octanol–water partition coefficient (Wildman–Crippen LogP) is 0.820. The Labute approximate surface area is 170 Å². The second-order valence-electron chi connectivity index (χ2n) is 7.19. The molecule has 3 rings (SSSR count).